The van der Waals surface area contributed by atoms with Gasteiger partial charge in [-0.15, -0.1) is 0 Å². The zero-order chi connectivity index (χ0) is 18.4. The van der Waals surface area contributed by atoms with Crippen molar-refractivity contribution in [2.45, 2.75) is 18.9 Å². The minimum Gasteiger partial charge on any atom is -0.507 e. The van der Waals surface area contributed by atoms with E-state index in [9.17, 15) is 19.5 Å². The lowest BCUT2D eigenvalue weighted by atomic mass is 10.1. The van der Waals surface area contributed by atoms with E-state index in [1.54, 1.807) is 4.90 Å². The van der Waals surface area contributed by atoms with Crippen LogP contribution in [0.15, 0.2) is 30.9 Å². The highest BCUT2D eigenvalue weighted by molar-refractivity contribution is 6.02. The third-order valence-corrected chi connectivity index (χ3v) is 3.87. The van der Waals surface area contributed by atoms with Crippen molar-refractivity contribution in [3.63, 3.8) is 0 Å². The van der Waals surface area contributed by atoms with Crippen LogP contribution in [0.3, 0.4) is 0 Å². The van der Waals surface area contributed by atoms with Crippen LogP contribution < -0.4 is 11.1 Å². The van der Waals surface area contributed by atoms with E-state index in [-0.39, 0.29) is 29.9 Å². The van der Waals surface area contributed by atoms with E-state index in [4.69, 9.17) is 10.5 Å². The second-order valence-corrected chi connectivity index (χ2v) is 5.69. The summed E-state index contributed by atoms with van der Waals surface area (Å²) in [5, 5.41) is 12.5. The number of piperidine rings is 1. The Morgan fingerprint density at radius 2 is 2.04 bits per heavy atom. The average Bonchev–Trinajstić information content (AvgIpc) is 2.61. The number of nitrogens with zero attached hydrogens (tertiary/aromatic N) is 1. The normalized spacial score (nSPS) is 14.8. The first-order valence-electron chi connectivity index (χ1n) is 7.86. The van der Waals surface area contributed by atoms with Crippen LogP contribution in [0.5, 0.6) is 5.75 Å². The second-order valence-electron chi connectivity index (χ2n) is 5.69. The summed E-state index contributed by atoms with van der Waals surface area (Å²) < 4.78 is 5.36. The fourth-order valence-corrected chi connectivity index (χ4v) is 2.57. The molecule has 0 bridgehead atoms. The molecule has 4 N–H and O–H groups in total. The molecule has 1 aromatic carbocycles. The number of carbonyl (C=O) groups is 3. The maximum atomic E-state index is 12.6. The molecule has 1 aromatic rings. The third kappa shape index (κ3) is 5.05. The summed E-state index contributed by atoms with van der Waals surface area (Å²) in [6.45, 7) is 4.10. The molecule has 0 aliphatic carbocycles. The molecule has 0 radical (unpaired) electrons. The number of phenolic OH excluding ortho intramolecular Hbond substituents is 1. The molecule has 1 saturated heterocycles. The summed E-state index contributed by atoms with van der Waals surface area (Å²) in [6.07, 6.45) is 2.15. The number of ether oxygens (including phenoxy) is 1. The van der Waals surface area contributed by atoms with Gasteiger partial charge in [-0.1, -0.05) is 6.58 Å². The van der Waals surface area contributed by atoms with E-state index in [1.807, 2.05) is 0 Å². The van der Waals surface area contributed by atoms with Gasteiger partial charge in [0, 0.05) is 18.8 Å². The minimum absolute atomic E-state index is 0.110. The monoisotopic (exact) mass is 347 g/mol. The number of hydrogen-bond donors (Lipinski definition) is 3. The minimum atomic E-state index is -0.526. The fourth-order valence-electron chi connectivity index (χ4n) is 2.57. The number of aromatic hydroxyl groups is 1. The predicted octanol–water partition coefficient (Wildman–Crippen LogP) is 0.623. The molecule has 2 rings (SSSR count). The zero-order valence-electron chi connectivity index (χ0n) is 13.7. The third-order valence-electron chi connectivity index (χ3n) is 3.87. The largest absolute Gasteiger partial charge is 0.507 e. The van der Waals surface area contributed by atoms with E-state index < -0.39 is 11.8 Å². The molecule has 1 aliphatic heterocycles. The highest BCUT2D eigenvalue weighted by Crippen LogP contribution is 2.25. The molecule has 1 fully saturated rings. The summed E-state index contributed by atoms with van der Waals surface area (Å²) >= 11 is 0. The Morgan fingerprint density at radius 3 is 2.64 bits per heavy atom. The van der Waals surface area contributed by atoms with Crippen LogP contribution in [0.1, 0.15) is 23.2 Å². The molecular weight excluding hydrogens is 326 g/mol. The average molecular weight is 347 g/mol. The highest BCUT2D eigenvalue weighted by Gasteiger charge is 2.26. The van der Waals surface area contributed by atoms with Crippen molar-refractivity contribution in [1.82, 2.24) is 4.90 Å². The quantitative estimate of drug-likeness (QED) is 0.514. The number of nitrogens with one attached hydrogen (secondary N) is 1. The van der Waals surface area contributed by atoms with Crippen molar-refractivity contribution in [1.29, 1.82) is 0 Å². The summed E-state index contributed by atoms with van der Waals surface area (Å²) in [6, 6.07) is 4.28. The van der Waals surface area contributed by atoms with Crippen LogP contribution >= 0.6 is 0 Å². The lowest BCUT2D eigenvalue weighted by Crippen LogP contribution is -2.41. The topological polar surface area (TPSA) is 122 Å². The van der Waals surface area contributed by atoms with Crippen LogP contribution in [0.2, 0.25) is 0 Å². The number of benzene rings is 1. The van der Waals surface area contributed by atoms with Gasteiger partial charge in [0.05, 0.1) is 11.7 Å². The van der Waals surface area contributed by atoms with E-state index >= 15 is 0 Å². The molecule has 134 valence electrons. The number of rotatable bonds is 6. The van der Waals surface area contributed by atoms with Crippen molar-refractivity contribution < 1.29 is 24.2 Å². The van der Waals surface area contributed by atoms with Gasteiger partial charge in [0.2, 0.25) is 11.8 Å². The Balaban J connectivity index is 2.01. The number of amides is 3. The predicted molar refractivity (Wildman–Crippen MR) is 91.0 cm³/mol. The second kappa shape index (κ2) is 8.29. The van der Waals surface area contributed by atoms with Gasteiger partial charge in [-0.05, 0) is 37.1 Å². The number of carbonyl (C=O) groups excluding carboxylic acids is 3. The maximum Gasteiger partial charge on any atom is 0.257 e. The molecule has 0 saturated carbocycles. The molecule has 0 spiro atoms. The van der Waals surface area contributed by atoms with Gasteiger partial charge >= 0.3 is 0 Å². The Labute approximate surface area is 145 Å². The summed E-state index contributed by atoms with van der Waals surface area (Å²) in [7, 11) is 0. The Hall–Kier alpha value is -2.87. The first-order valence-corrected chi connectivity index (χ1v) is 7.86. The lowest BCUT2D eigenvalue weighted by molar-refractivity contribution is -0.125. The Bertz CT molecular complexity index is 681. The number of likely N-dealkylation sites (tertiary alicyclic amines) is 1. The highest BCUT2D eigenvalue weighted by atomic mass is 16.5. The van der Waals surface area contributed by atoms with Gasteiger partial charge in [0.15, 0.2) is 0 Å². The number of phenols is 1. The summed E-state index contributed by atoms with van der Waals surface area (Å²) in [4.78, 5) is 36.3. The van der Waals surface area contributed by atoms with Crippen molar-refractivity contribution in [2.75, 3.05) is 25.0 Å². The summed E-state index contributed by atoms with van der Waals surface area (Å²) in [5.41, 5.74) is 5.55. The first-order chi connectivity index (χ1) is 11.9. The number of anilines is 1. The molecule has 8 nitrogen and oxygen atoms in total. The first kappa shape index (κ1) is 18.5. The Kier molecular flexibility index (Phi) is 6.13. The molecule has 1 heterocycles. The van der Waals surface area contributed by atoms with Crippen LogP contribution in [0, 0.1) is 0 Å². The van der Waals surface area contributed by atoms with Crippen LogP contribution in [-0.2, 0) is 14.3 Å². The number of nitrogens with two attached hydrogens (primary N) is 1. The van der Waals surface area contributed by atoms with Gasteiger partial charge in [0.25, 0.3) is 5.91 Å². The number of primary amides is 1. The van der Waals surface area contributed by atoms with Gasteiger partial charge in [-0.25, -0.2) is 0 Å². The van der Waals surface area contributed by atoms with E-state index in [0.717, 1.165) is 6.08 Å². The maximum absolute atomic E-state index is 12.6. The lowest BCUT2D eigenvalue weighted by Gasteiger charge is -2.32. The number of hydrogen-bond acceptors (Lipinski definition) is 5. The molecule has 25 heavy (non-hydrogen) atoms. The van der Waals surface area contributed by atoms with Crippen LogP contribution in [0.25, 0.3) is 0 Å². The van der Waals surface area contributed by atoms with Crippen molar-refractivity contribution in [2.24, 2.45) is 5.73 Å². The van der Waals surface area contributed by atoms with Gasteiger partial charge < -0.3 is 25.8 Å². The molecule has 0 unspecified atom stereocenters. The fraction of sp³-hybridized carbons (Fsp3) is 0.353. The van der Waals surface area contributed by atoms with Crippen LogP contribution in [-0.4, -0.2) is 53.5 Å². The van der Waals surface area contributed by atoms with Gasteiger partial charge in [-0.3, -0.25) is 14.4 Å². The van der Waals surface area contributed by atoms with Crippen molar-refractivity contribution in [3.8, 4) is 5.75 Å². The molecule has 3 amide bonds. The molecular formula is C17H21N3O5. The smallest absolute Gasteiger partial charge is 0.257 e. The van der Waals surface area contributed by atoms with E-state index in [0.29, 0.717) is 31.6 Å². The Morgan fingerprint density at radius 1 is 1.36 bits per heavy atom. The van der Waals surface area contributed by atoms with E-state index in [1.165, 1.54) is 18.2 Å². The van der Waals surface area contributed by atoms with Crippen LogP contribution in [0.4, 0.5) is 5.69 Å². The molecule has 1 aliphatic rings. The van der Waals surface area contributed by atoms with Gasteiger partial charge in [0.1, 0.15) is 12.4 Å². The van der Waals surface area contributed by atoms with Gasteiger partial charge in [-0.2, -0.15) is 0 Å². The van der Waals surface area contributed by atoms with E-state index in [2.05, 4.69) is 11.9 Å². The molecule has 0 aromatic heterocycles. The standard InChI is InChI=1S/C17H21N3O5/c1-2-16(23)19-11-3-4-14(21)13(9-11)17(24)20-7-5-12(6-8-20)25-10-15(18)22/h2-4,9,12,21H,1,5-8,10H2,(H2,18,22)(H,19,23). The summed E-state index contributed by atoms with van der Waals surface area (Å²) in [5.74, 6) is -1.42. The molecule has 8 heteroatoms. The van der Waals surface area contributed by atoms with Crippen molar-refractivity contribution >= 4 is 23.4 Å². The molecule has 0 atom stereocenters. The van der Waals surface area contributed by atoms with Crippen molar-refractivity contribution in [3.05, 3.63) is 36.4 Å². The SMILES string of the molecule is C=CC(=O)Nc1ccc(O)c(C(=O)N2CCC(OCC(N)=O)CC2)c1. The zero-order valence-corrected chi connectivity index (χ0v) is 13.7.